The molecule has 0 aliphatic heterocycles. The summed E-state index contributed by atoms with van der Waals surface area (Å²) < 4.78 is 1.11. The van der Waals surface area contributed by atoms with Crippen LogP contribution in [0.25, 0.3) is 0 Å². The lowest BCUT2D eigenvalue weighted by atomic mass is 10.2. The molecule has 3 heteroatoms. The normalized spacial score (nSPS) is 10.3. The lowest BCUT2D eigenvalue weighted by Gasteiger charge is -2.23. The molecule has 0 bridgehead atoms. The fourth-order valence-corrected chi connectivity index (χ4v) is 2.39. The van der Waals surface area contributed by atoms with E-state index >= 15 is 0 Å². The molecule has 0 radical (unpaired) electrons. The summed E-state index contributed by atoms with van der Waals surface area (Å²) in [5, 5.41) is 3.46. The average molecular weight is 333 g/mol. The minimum absolute atomic E-state index is 0.934. The molecule has 2 aromatic rings. The Morgan fingerprint density at radius 1 is 1.00 bits per heavy atom. The summed E-state index contributed by atoms with van der Waals surface area (Å²) in [6, 6.07) is 17.0. The standard InChI is InChI=1S/C17H21BrN2/c1-3-20(17-10-4-14(2)5-11-17)13-12-19-16-8-6-15(18)7-9-16/h4-11,19H,3,12-13H2,1-2H3. The lowest BCUT2D eigenvalue weighted by Crippen LogP contribution is -2.28. The molecule has 0 amide bonds. The summed E-state index contributed by atoms with van der Waals surface area (Å²) in [7, 11) is 0. The first-order chi connectivity index (χ1) is 9.69. The van der Waals surface area contributed by atoms with Crippen molar-refractivity contribution < 1.29 is 0 Å². The predicted molar refractivity (Wildman–Crippen MR) is 91.7 cm³/mol. The zero-order valence-corrected chi connectivity index (χ0v) is 13.7. The summed E-state index contributed by atoms with van der Waals surface area (Å²) in [5.74, 6) is 0. The minimum Gasteiger partial charge on any atom is -0.383 e. The molecular weight excluding hydrogens is 312 g/mol. The van der Waals surface area contributed by atoms with Gasteiger partial charge in [0.2, 0.25) is 0 Å². The van der Waals surface area contributed by atoms with E-state index in [1.165, 1.54) is 11.3 Å². The number of nitrogens with zero attached hydrogens (tertiary/aromatic N) is 1. The molecule has 2 aromatic carbocycles. The van der Waals surface area contributed by atoms with Gasteiger partial charge in [-0.1, -0.05) is 33.6 Å². The van der Waals surface area contributed by atoms with E-state index < -0.39 is 0 Å². The molecular formula is C17H21BrN2. The Morgan fingerprint density at radius 3 is 2.25 bits per heavy atom. The van der Waals surface area contributed by atoms with E-state index in [4.69, 9.17) is 0 Å². The van der Waals surface area contributed by atoms with Gasteiger partial charge in [-0.2, -0.15) is 0 Å². The van der Waals surface area contributed by atoms with Gasteiger partial charge in [-0.3, -0.25) is 0 Å². The number of hydrogen-bond donors (Lipinski definition) is 1. The van der Waals surface area contributed by atoms with E-state index in [-0.39, 0.29) is 0 Å². The molecule has 0 aliphatic carbocycles. The van der Waals surface area contributed by atoms with Crippen LogP contribution >= 0.6 is 15.9 Å². The van der Waals surface area contributed by atoms with Crippen LogP contribution in [-0.4, -0.2) is 19.6 Å². The molecule has 0 atom stereocenters. The van der Waals surface area contributed by atoms with Gasteiger partial charge in [0, 0.05) is 35.5 Å². The van der Waals surface area contributed by atoms with Crippen molar-refractivity contribution in [1.82, 2.24) is 0 Å². The van der Waals surface area contributed by atoms with Crippen LogP contribution in [0.3, 0.4) is 0 Å². The van der Waals surface area contributed by atoms with Crippen LogP contribution in [0.2, 0.25) is 0 Å². The predicted octanol–water partition coefficient (Wildman–Crippen LogP) is 4.70. The Balaban J connectivity index is 1.87. The summed E-state index contributed by atoms with van der Waals surface area (Å²) in [6.07, 6.45) is 0. The third-order valence-electron chi connectivity index (χ3n) is 3.34. The Hall–Kier alpha value is -1.48. The second-order valence-electron chi connectivity index (χ2n) is 4.85. The molecule has 0 aromatic heterocycles. The highest BCUT2D eigenvalue weighted by atomic mass is 79.9. The largest absolute Gasteiger partial charge is 0.383 e. The maximum absolute atomic E-state index is 3.46. The quantitative estimate of drug-likeness (QED) is 0.825. The summed E-state index contributed by atoms with van der Waals surface area (Å²) in [4.78, 5) is 2.38. The van der Waals surface area contributed by atoms with Crippen molar-refractivity contribution in [2.45, 2.75) is 13.8 Å². The number of nitrogens with one attached hydrogen (secondary N) is 1. The van der Waals surface area contributed by atoms with Gasteiger partial charge in [0.05, 0.1) is 0 Å². The van der Waals surface area contributed by atoms with Crippen molar-refractivity contribution in [2.24, 2.45) is 0 Å². The van der Waals surface area contributed by atoms with E-state index in [0.717, 1.165) is 29.8 Å². The third kappa shape index (κ3) is 4.27. The van der Waals surface area contributed by atoms with Gasteiger partial charge in [-0.25, -0.2) is 0 Å². The highest BCUT2D eigenvalue weighted by Crippen LogP contribution is 2.16. The number of anilines is 2. The first kappa shape index (κ1) is 14.9. The van der Waals surface area contributed by atoms with Crippen LogP contribution in [0.5, 0.6) is 0 Å². The number of aryl methyl sites for hydroxylation is 1. The zero-order valence-electron chi connectivity index (χ0n) is 12.1. The first-order valence-corrected chi connectivity index (χ1v) is 7.79. The van der Waals surface area contributed by atoms with Gasteiger partial charge < -0.3 is 10.2 Å². The monoisotopic (exact) mass is 332 g/mol. The molecule has 2 rings (SSSR count). The van der Waals surface area contributed by atoms with E-state index in [1.54, 1.807) is 0 Å². The van der Waals surface area contributed by atoms with Gasteiger partial charge in [-0.15, -0.1) is 0 Å². The Labute approximate surface area is 129 Å². The fraction of sp³-hybridized carbons (Fsp3) is 0.294. The summed E-state index contributed by atoms with van der Waals surface area (Å²) >= 11 is 3.45. The zero-order chi connectivity index (χ0) is 14.4. The summed E-state index contributed by atoms with van der Waals surface area (Å²) in [6.45, 7) is 7.26. The molecule has 1 N–H and O–H groups in total. The molecule has 2 nitrogen and oxygen atoms in total. The molecule has 0 saturated carbocycles. The highest BCUT2D eigenvalue weighted by molar-refractivity contribution is 9.10. The first-order valence-electron chi connectivity index (χ1n) is 7.00. The van der Waals surface area contributed by atoms with Gasteiger partial charge >= 0.3 is 0 Å². The second kappa shape index (κ2) is 7.34. The highest BCUT2D eigenvalue weighted by Gasteiger charge is 2.03. The Bertz CT molecular complexity index is 520. The molecule has 0 spiro atoms. The van der Waals surface area contributed by atoms with Gasteiger partial charge in [0.25, 0.3) is 0 Å². The molecule has 20 heavy (non-hydrogen) atoms. The topological polar surface area (TPSA) is 15.3 Å². The van der Waals surface area contributed by atoms with Crippen molar-refractivity contribution in [3.8, 4) is 0 Å². The second-order valence-corrected chi connectivity index (χ2v) is 5.76. The summed E-state index contributed by atoms with van der Waals surface area (Å²) in [5.41, 5.74) is 3.75. The molecule has 106 valence electrons. The Morgan fingerprint density at radius 2 is 1.65 bits per heavy atom. The van der Waals surface area contributed by atoms with E-state index in [2.05, 4.69) is 88.5 Å². The van der Waals surface area contributed by atoms with Gasteiger partial charge in [0.15, 0.2) is 0 Å². The molecule has 0 saturated heterocycles. The van der Waals surface area contributed by atoms with Crippen LogP contribution in [-0.2, 0) is 0 Å². The molecule has 0 fully saturated rings. The van der Waals surface area contributed by atoms with Crippen molar-refractivity contribution in [1.29, 1.82) is 0 Å². The molecule has 0 unspecified atom stereocenters. The average Bonchev–Trinajstić information content (AvgIpc) is 2.47. The molecule has 0 aliphatic rings. The van der Waals surface area contributed by atoms with Crippen molar-refractivity contribution in [2.75, 3.05) is 29.9 Å². The fourth-order valence-electron chi connectivity index (χ4n) is 2.13. The van der Waals surface area contributed by atoms with Crippen molar-refractivity contribution >= 4 is 27.3 Å². The lowest BCUT2D eigenvalue weighted by molar-refractivity contribution is 0.835. The minimum atomic E-state index is 0.934. The number of rotatable bonds is 6. The maximum atomic E-state index is 3.46. The SMILES string of the molecule is CCN(CCNc1ccc(Br)cc1)c1ccc(C)cc1. The van der Waals surface area contributed by atoms with Crippen molar-refractivity contribution in [3.05, 3.63) is 58.6 Å². The number of likely N-dealkylation sites (N-methyl/N-ethyl adjacent to an activating group) is 1. The van der Waals surface area contributed by atoms with Crippen LogP contribution < -0.4 is 10.2 Å². The third-order valence-corrected chi connectivity index (χ3v) is 3.86. The van der Waals surface area contributed by atoms with E-state index in [0.29, 0.717) is 0 Å². The molecule has 0 heterocycles. The van der Waals surface area contributed by atoms with E-state index in [1.807, 2.05) is 0 Å². The number of halogens is 1. The van der Waals surface area contributed by atoms with Crippen molar-refractivity contribution in [3.63, 3.8) is 0 Å². The van der Waals surface area contributed by atoms with Crippen LogP contribution in [0.4, 0.5) is 11.4 Å². The van der Waals surface area contributed by atoms with Crippen LogP contribution in [0.1, 0.15) is 12.5 Å². The number of hydrogen-bond acceptors (Lipinski definition) is 2. The smallest absolute Gasteiger partial charge is 0.0366 e. The Kier molecular flexibility index (Phi) is 5.48. The van der Waals surface area contributed by atoms with Crippen LogP contribution in [0, 0.1) is 6.92 Å². The number of benzene rings is 2. The van der Waals surface area contributed by atoms with Crippen LogP contribution in [0.15, 0.2) is 53.0 Å². The van der Waals surface area contributed by atoms with Gasteiger partial charge in [0.1, 0.15) is 0 Å². The van der Waals surface area contributed by atoms with Gasteiger partial charge in [-0.05, 0) is 50.2 Å². The maximum Gasteiger partial charge on any atom is 0.0366 e. The van der Waals surface area contributed by atoms with E-state index in [9.17, 15) is 0 Å².